The number of halogens is 3. The molecule has 0 saturated heterocycles. The fourth-order valence-electron chi connectivity index (χ4n) is 1.93. The van der Waals surface area contributed by atoms with E-state index in [4.69, 9.17) is 4.52 Å². The third-order valence-electron chi connectivity index (χ3n) is 3.08. The molecule has 0 saturated carbocycles. The van der Waals surface area contributed by atoms with Crippen LogP contribution < -0.4 is 10.6 Å². The summed E-state index contributed by atoms with van der Waals surface area (Å²) < 4.78 is 19.2. The van der Waals surface area contributed by atoms with Gasteiger partial charge in [-0.1, -0.05) is 27.2 Å². The van der Waals surface area contributed by atoms with Crippen molar-refractivity contribution < 1.29 is 8.91 Å². The summed E-state index contributed by atoms with van der Waals surface area (Å²) in [6.07, 6.45) is 3.01. The van der Waals surface area contributed by atoms with Crippen molar-refractivity contribution in [3.8, 4) is 0 Å². The van der Waals surface area contributed by atoms with Crippen molar-refractivity contribution in [1.29, 1.82) is 0 Å². The Bertz CT molecular complexity index is 622. The number of benzene rings is 1. The Morgan fingerprint density at radius 2 is 2.17 bits per heavy atom. The molecule has 1 aromatic heterocycles. The van der Waals surface area contributed by atoms with Gasteiger partial charge in [-0.15, -0.1) is 24.0 Å². The van der Waals surface area contributed by atoms with Crippen molar-refractivity contribution in [2.24, 2.45) is 4.99 Å². The molecule has 0 aliphatic rings. The summed E-state index contributed by atoms with van der Waals surface area (Å²) in [5, 5.41) is 10.1. The van der Waals surface area contributed by atoms with Crippen molar-refractivity contribution in [2.75, 3.05) is 13.6 Å². The van der Waals surface area contributed by atoms with E-state index in [1.165, 1.54) is 12.3 Å². The van der Waals surface area contributed by atoms with Gasteiger partial charge in [0.05, 0.1) is 6.54 Å². The molecule has 1 aromatic carbocycles. The van der Waals surface area contributed by atoms with Crippen LogP contribution in [0.15, 0.2) is 44.5 Å². The fourth-order valence-corrected chi connectivity index (χ4v) is 2.27. The molecule has 8 heteroatoms. The van der Waals surface area contributed by atoms with Crippen LogP contribution in [0, 0.1) is 5.82 Å². The molecule has 0 radical (unpaired) electrons. The maximum atomic E-state index is 13.7. The summed E-state index contributed by atoms with van der Waals surface area (Å²) in [6.45, 7) is 1.24. The molecule has 0 fully saturated rings. The number of aryl methyl sites for hydroxylation is 1. The molecule has 0 amide bonds. The lowest BCUT2D eigenvalue weighted by molar-refractivity contribution is 0.410. The number of hydrogen-bond acceptors (Lipinski definition) is 3. The van der Waals surface area contributed by atoms with Crippen LogP contribution in [-0.2, 0) is 13.0 Å². The Kier molecular flexibility index (Phi) is 9.15. The standard InChI is InChI=1S/C15H18BrFN4O.HI/c1-18-15(20-10-13-6-8-22-21-13)19-7-2-3-11-4-5-12(16)9-14(11)17;/h4-6,8-9H,2-3,7,10H2,1H3,(H2,18,19,20);1H. The Morgan fingerprint density at radius 3 is 2.83 bits per heavy atom. The van der Waals surface area contributed by atoms with Gasteiger partial charge >= 0.3 is 0 Å². The Balaban J connectivity index is 0.00000264. The number of guanidine groups is 1. The SMILES string of the molecule is CN=C(NCCCc1ccc(Br)cc1F)NCc1ccon1.I. The highest BCUT2D eigenvalue weighted by Crippen LogP contribution is 2.16. The molecular weight excluding hydrogens is 478 g/mol. The maximum absolute atomic E-state index is 13.7. The van der Waals surface area contributed by atoms with E-state index in [-0.39, 0.29) is 29.8 Å². The van der Waals surface area contributed by atoms with Crippen LogP contribution in [0.1, 0.15) is 17.7 Å². The number of aliphatic imine (C=N–C) groups is 1. The summed E-state index contributed by atoms with van der Waals surface area (Å²) in [7, 11) is 1.70. The summed E-state index contributed by atoms with van der Waals surface area (Å²) in [6, 6.07) is 6.93. The minimum absolute atomic E-state index is 0. The topological polar surface area (TPSA) is 62.5 Å². The van der Waals surface area contributed by atoms with Gasteiger partial charge < -0.3 is 15.2 Å². The minimum atomic E-state index is -0.178. The second kappa shape index (κ2) is 10.6. The number of hydrogen-bond donors (Lipinski definition) is 2. The van der Waals surface area contributed by atoms with E-state index in [2.05, 4.69) is 36.7 Å². The van der Waals surface area contributed by atoms with Crippen molar-refractivity contribution in [3.05, 3.63) is 52.1 Å². The average molecular weight is 497 g/mol. The molecule has 2 aromatic rings. The molecule has 5 nitrogen and oxygen atoms in total. The normalized spacial score (nSPS) is 11.0. The fraction of sp³-hybridized carbons (Fsp3) is 0.333. The van der Waals surface area contributed by atoms with Gasteiger partial charge in [0.1, 0.15) is 17.8 Å². The Labute approximate surface area is 160 Å². The van der Waals surface area contributed by atoms with Gasteiger partial charge in [-0.3, -0.25) is 4.99 Å². The first-order valence-electron chi connectivity index (χ1n) is 6.96. The molecular formula is C15H19BrFIN4O. The number of rotatable bonds is 6. The van der Waals surface area contributed by atoms with Gasteiger partial charge in [-0.2, -0.15) is 0 Å². The summed E-state index contributed by atoms with van der Waals surface area (Å²) in [4.78, 5) is 4.12. The van der Waals surface area contributed by atoms with Crippen molar-refractivity contribution in [2.45, 2.75) is 19.4 Å². The molecule has 0 aliphatic heterocycles. The second-order valence-electron chi connectivity index (χ2n) is 4.68. The van der Waals surface area contributed by atoms with E-state index in [1.54, 1.807) is 19.2 Å². The summed E-state index contributed by atoms with van der Waals surface area (Å²) >= 11 is 3.25. The first kappa shape index (κ1) is 19.9. The zero-order chi connectivity index (χ0) is 15.8. The summed E-state index contributed by atoms with van der Waals surface area (Å²) in [5.74, 6) is 0.502. The zero-order valence-corrected chi connectivity index (χ0v) is 16.6. The molecule has 126 valence electrons. The van der Waals surface area contributed by atoms with E-state index in [0.717, 1.165) is 22.2 Å². The minimum Gasteiger partial charge on any atom is -0.364 e. The van der Waals surface area contributed by atoms with Crippen LogP contribution in [0.2, 0.25) is 0 Å². The third-order valence-corrected chi connectivity index (χ3v) is 3.58. The highest BCUT2D eigenvalue weighted by molar-refractivity contribution is 14.0. The van der Waals surface area contributed by atoms with Crippen molar-refractivity contribution >= 4 is 45.9 Å². The van der Waals surface area contributed by atoms with Gasteiger partial charge in [0, 0.05) is 24.1 Å². The van der Waals surface area contributed by atoms with Crippen LogP contribution in [0.5, 0.6) is 0 Å². The number of nitrogens with one attached hydrogen (secondary N) is 2. The van der Waals surface area contributed by atoms with Crippen LogP contribution >= 0.6 is 39.9 Å². The van der Waals surface area contributed by atoms with Gasteiger partial charge in [0.25, 0.3) is 0 Å². The molecule has 23 heavy (non-hydrogen) atoms. The van der Waals surface area contributed by atoms with Crippen LogP contribution in [0.3, 0.4) is 0 Å². The third kappa shape index (κ3) is 6.86. The highest BCUT2D eigenvalue weighted by atomic mass is 127. The molecule has 0 bridgehead atoms. The van der Waals surface area contributed by atoms with Gasteiger partial charge in [-0.25, -0.2) is 4.39 Å². The van der Waals surface area contributed by atoms with E-state index in [0.29, 0.717) is 25.5 Å². The number of nitrogens with zero attached hydrogens (tertiary/aromatic N) is 2. The molecule has 1 heterocycles. The lowest BCUT2D eigenvalue weighted by atomic mass is 10.1. The highest BCUT2D eigenvalue weighted by Gasteiger charge is 2.03. The van der Waals surface area contributed by atoms with Crippen molar-refractivity contribution in [3.63, 3.8) is 0 Å². The summed E-state index contributed by atoms with van der Waals surface area (Å²) in [5.41, 5.74) is 1.52. The number of aromatic nitrogens is 1. The molecule has 0 atom stereocenters. The first-order chi connectivity index (χ1) is 10.7. The Morgan fingerprint density at radius 1 is 1.35 bits per heavy atom. The molecule has 0 unspecified atom stereocenters. The molecule has 2 N–H and O–H groups in total. The lowest BCUT2D eigenvalue weighted by Crippen LogP contribution is -2.37. The predicted octanol–water partition coefficient (Wildman–Crippen LogP) is 3.49. The monoisotopic (exact) mass is 496 g/mol. The smallest absolute Gasteiger partial charge is 0.191 e. The van der Waals surface area contributed by atoms with Gasteiger partial charge in [0.2, 0.25) is 0 Å². The maximum Gasteiger partial charge on any atom is 0.191 e. The quantitative estimate of drug-likeness (QED) is 0.278. The first-order valence-corrected chi connectivity index (χ1v) is 7.76. The van der Waals surface area contributed by atoms with Crippen LogP contribution in [0.4, 0.5) is 4.39 Å². The van der Waals surface area contributed by atoms with Crippen molar-refractivity contribution in [1.82, 2.24) is 15.8 Å². The van der Waals surface area contributed by atoms with Gasteiger partial charge in [0.15, 0.2) is 5.96 Å². The molecule has 0 spiro atoms. The molecule has 2 rings (SSSR count). The van der Waals surface area contributed by atoms with Crippen LogP contribution in [-0.4, -0.2) is 24.7 Å². The average Bonchev–Trinajstić information content (AvgIpc) is 3.01. The lowest BCUT2D eigenvalue weighted by Gasteiger charge is -2.11. The van der Waals surface area contributed by atoms with E-state index < -0.39 is 0 Å². The van der Waals surface area contributed by atoms with E-state index in [9.17, 15) is 4.39 Å². The van der Waals surface area contributed by atoms with Crippen LogP contribution in [0.25, 0.3) is 0 Å². The Hall–Kier alpha value is -1.16. The zero-order valence-electron chi connectivity index (χ0n) is 12.7. The van der Waals surface area contributed by atoms with Gasteiger partial charge in [-0.05, 0) is 30.5 Å². The van der Waals surface area contributed by atoms with E-state index >= 15 is 0 Å². The second-order valence-corrected chi connectivity index (χ2v) is 5.60. The predicted molar refractivity (Wildman–Crippen MR) is 103 cm³/mol. The van der Waals surface area contributed by atoms with E-state index in [1.807, 2.05) is 6.07 Å². The largest absolute Gasteiger partial charge is 0.364 e. The molecule has 0 aliphatic carbocycles.